The van der Waals surface area contributed by atoms with Crippen molar-refractivity contribution in [2.45, 2.75) is 32.6 Å². The fourth-order valence-electron chi connectivity index (χ4n) is 6.51. The second-order valence-corrected chi connectivity index (χ2v) is 12.0. The summed E-state index contributed by atoms with van der Waals surface area (Å²) >= 11 is 0. The van der Waals surface area contributed by atoms with Crippen LogP contribution in [0.4, 0.5) is 0 Å². The van der Waals surface area contributed by atoms with Crippen molar-refractivity contribution >= 4 is 27.1 Å². The van der Waals surface area contributed by atoms with Gasteiger partial charge in [-0.1, -0.05) is 104 Å². The van der Waals surface area contributed by atoms with Crippen LogP contribution in [0.2, 0.25) is 0 Å². The molecule has 8 rings (SSSR count). The molecule has 45 heavy (non-hydrogen) atoms. The lowest BCUT2D eigenvalue weighted by atomic mass is 9.73. The second-order valence-electron chi connectivity index (χ2n) is 12.0. The molecule has 2 heterocycles. The number of hydrogen-bond acceptors (Lipinski definition) is 6. The van der Waals surface area contributed by atoms with Gasteiger partial charge < -0.3 is 8.83 Å². The Morgan fingerprint density at radius 1 is 0.578 bits per heavy atom. The van der Waals surface area contributed by atoms with E-state index >= 15 is 0 Å². The van der Waals surface area contributed by atoms with Gasteiger partial charge in [-0.15, -0.1) is 20.4 Å². The van der Waals surface area contributed by atoms with Gasteiger partial charge in [0.1, 0.15) is 0 Å². The van der Waals surface area contributed by atoms with E-state index in [0.29, 0.717) is 23.6 Å². The monoisotopic (exact) mass is 586 g/mol. The first-order valence-corrected chi connectivity index (χ1v) is 15.1. The molecule has 0 spiro atoms. The number of fused-ring (bicyclic) bond motifs is 2. The maximum Gasteiger partial charge on any atom is 0.248 e. The lowest BCUT2D eigenvalue weighted by Crippen LogP contribution is -2.21. The predicted molar refractivity (Wildman–Crippen MR) is 178 cm³/mol. The largest absolute Gasteiger partial charge is 0.416 e. The summed E-state index contributed by atoms with van der Waals surface area (Å²) in [7, 11) is 0. The molecule has 7 aromatic rings. The molecule has 1 aliphatic rings. The highest BCUT2D eigenvalue weighted by atomic mass is 16.4. The highest BCUT2D eigenvalue weighted by molar-refractivity contribution is 5.95. The topological polar surface area (TPSA) is 77.8 Å². The van der Waals surface area contributed by atoms with Crippen molar-refractivity contribution < 1.29 is 8.83 Å². The second kappa shape index (κ2) is 10.5. The fourth-order valence-corrected chi connectivity index (χ4v) is 6.51. The molecule has 2 aromatic heterocycles. The van der Waals surface area contributed by atoms with E-state index < -0.39 is 0 Å². The van der Waals surface area contributed by atoms with Gasteiger partial charge in [0.2, 0.25) is 23.6 Å². The average Bonchev–Trinajstić information content (AvgIpc) is 3.75. The number of nitrogens with zero attached hydrogens (tertiary/aromatic N) is 4. The highest BCUT2D eigenvalue weighted by Gasteiger charge is 2.30. The quantitative estimate of drug-likeness (QED) is 0.200. The predicted octanol–water partition coefficient (Wildman–Crippen LogP) is 9.76. The van der Waals surface area contributed by atoms with Gasteiger partial charge in [-0.2, -0.15) is 0 Å². The molecular weight excluding hydrogens is 556 g/mol. The van der Waals surface area contributed by atoms with Gasteiger partial charge in [0.05, 0.1) is 0 Å². The van der Waals surface area contributed by atoms with Crippen molar-refractivity contribution in [3.63, 3.8) is 0 Å². The summed E-state index contributed by atoms with van der Waals surface area (Å²) in [5.74, 6) is 2.10. The van der Waals surface area contributed by atoms with Crippen molar-refractivity contribution in [3.8, 4) is 34.4 Å². The minimum absolute atomic E-state index is 0.196. The molecule has 0 bridgehead atoms. The molecule has 0 saturated carbocycles. The van der Waals surface area contributed by atoms with Crippen LogP contribution in [0, 0.1) is 6.92 Å². The molecule has 1 unspecified atom stereocenters. The molecule has 0 saturated heterocycles. The number of benzene rings is 5. The SMILES string of the molecule is CC1=CC(C)(c2ccc(-c3nnc(-c4cccc5ccccc45)o3)c(C)c2)CC=C1c1nnc(-c2cccc3ccccc23)o1. The Morgan fingerprint density at radius 3 is 1.71 bits per heavy atom. The normalized spacial score (nSPS) is 16.6. The number of rotatable bonds is 5. The first-order chi connectivity index (χ1) is 22.0. The van der Waals surface area contributed by atoms with Crippen LogP contribution in [0.3, 0.4) is 0 Å². The van der Waals surface area contributed by atoms with Crippen LogP contribution in [-0.4, -0.2) is 20.4 Å². The standard InChI is InChI=1S/C39H30N4O2/c1-24-22-28(18-19-29(24)35-40-42-37(44-35)33-16-8-12-26-10-4-6-14-31(26)33)39(3)21-20-30(25(2)23-39)36-41-43-38(45-36)34-17-9-13-27-11-5-7-15-32(27)34/h4-20,22-23H,21H2,1-3H3. The first kappa shape index (κ1) is 27.0. The van der Waals surface area contributed by atoms with Crippen molar-refractivity contribution in [3.05, 3.63) is 138 Å². The molecule has 0 fully saturated rings. The first-order valence-electron chi connectivity index (χ1n) is 15.1. The summed E-state index contributed by atoms with van der Waals surface area (Å²) in [6.45, 7) is 6.47. The van der Waals surface area contributed by atoms with E-state index in [2.05, 4.69) is 108 Å². The van der Waals surface area contributed by atoms with E-state index in [1.54, 1.807) is 0 Å². The van der Waals surface area contributed by atoms with Gasteiger partial charge in [0.15, 0.2) is 0 Å². The van der Waals surface area contributed by atoms with Gasteiger partial charge in [-0.3, -0.25) is 0 Å². The Kier molecular flexibility index (Phi) is 6.31. The Balaban J connectivity index is 1.05. The number of aryl methyl sites for hydroxylation is 1. The lowest BCUT2D eigenvalue weighted by Gasteiger charge is -2.30. The average molecular weight is 587 g/mol. The maximum absolute atomic E-state index is 6.25. The summed E-state index contributed by atoms with van der Waals surface area (Å²) in [6, 6.07) is 35.2. The number of hydrogen-bond donors (Lipinski definition) is 0. The van der Waals surface area contributed by atoms with Gasteiger partial charge in [-0.05, 0) is 76.7 Å². The van der Waals surface area contributed by atoms with Gasteiger partial charge in [0, 0.05) is 27.7 Å². The highest BCUT2D eigenvalue weighted by Crippen LogP contribution is 2.41. The molecule has 0 aliphatic heterocycles. The van der Waals surface area contributed by atoms with E-state index in [1.807, 2.05) is 48.5 Å². The summed E-state index contributed by atoms with van der Waals surface area (Å²) in [5, 5.41) is 22.2. The van der Waals surface area contributed by atoms with Crippen molar-refractivity contribution in [1.82, 2.24) is 20.4 Å². The van der Waals surface area contributed by atoms with E-state index in [0.717, 1.165) is 61.4 Å². The van der Waals surface area contributed by atoms with E-state index in [4.69, 9.17) is 8.83 Å². The van der Waals surface area contributed by atoms with Crippen molar-refractivity contribution in [1.29, 1.82) is 0 Å². The van der Waals surface area contributed by atoms with Gasteiger partial charge in [-0.25, -0.2) is 0 Å². The minimum Gasteiger partial charge on any atom is -0.416 e. The minimum atomic E-state index is -0.196. The van der Waals surface area contributed by atoms with Crippen molar-refractivity contribution in [2.75, 3.05) is 0 Å². The zero-order chi connectivity index (χ0) is 30.5. The molecule has 0 N–H and O–H groups in total. The van der Waals surface area contributed by atoms with E-state index in [9.17, 15) is 0 Å². The Labute approximate surface area is 260 Å². The maximum atomic E-state index is 6.25. The Bertz CT molecular complexity index is 2300. The molecular formula is C39H30N4O2. The van der Waals surface area contributed by atoms with Crippen LogP contribution in [-0.2, 0) is 5.41 Å². The molecule has 0 radical (unpaired) electrons. The van der Waals surface area contributed by atoms with Crippen LogP contribution in [0.5, 0.6) is 0 Å². The smallest absolute Gasteiger partial charge is 0.248 e. The third-order valence-corrected chi connectivity index (χ3v) is 8.93. The van der Waals surface area contributed by atoms with Crippen molar-refractivity contribution in [2.24, 2.45) is 0 Å². The summed E-state index contributed by atoms with van der Waals surface area (Å²) < 4.78 is 12.5. The van der Waals surface area contributed by atoms with Gasteiger partial charge >= 0.3 is 0 Å². The van der Waals surface area contributed by atoms with Crippen LogP contribution < -0.4 is 0 Å². The summed E-state index contributed by atoms with van der Waals surface area (Å²) in [4.78, 5) is 0. The summed E-state index contributed by atoms with van der Waals surface area (Å²) in [5.41, 5.74) is 7.00. The van der Waals surface area contributed by atoms with Crippen LogP contribution >= 0.6 is 0 Å². The number of aromatic nitrogens is 4. The van der Waals surface area contributed by atoms with Crippen LogP contribution in [0.25, 0.3) is 61.5 Å². The third kappa shape index (κ3) is 4.66. The molecule has 5 aromatic carbocycles. The van der Waals surface area contributed by atoms with Gasteiger partial charge in [0.25, 0.3) is 0 Å². The Morgan fingerprint density at radius 2 is 1.11 bits per heavy atom. The fraction of sp³-hybridized carbons (Fsp3) is 0.128. The molecule has 1 atom stereocenters. The zero-order valence-electron chi connectivity index (χ0n) is 25.3. The molecule has 0 amide bonds. The molecule has 6 heteroatoms. The third-order valence-electron chi connectivity index (χ3n) is 8.93. The number of allylic oxidation sites excluding steroid dienone is 4. The lowest BCUT2D eigenvalue weighted by molar-refractivity contribution is 0.548. The Hall–Kier alpha value is -5.62. The summed E-state index contributed by atoms with van der Waals surface area (Å²) in [6.07, 6.45) is 5.33. The van der Waals surface area contributed by atoms with E-state index in [-0.39, 0.29) is 5.41 Å². The van der Waals surface area contributed by atoms with Crippen LogP contribution in [0.15, 0.2) is 130 Å². The van der Waals surface area contributed by atoms with E-state index in [1.165, 1.54) is 5.56 Å². The molecule has 218 valence electrons. The van der Waals surface area contributed by atoms with Crippen LogP contribution in [0.1, 0.15) is 37.3 Å². The molecule has 1 aliphatic carbocycles. The zero-order valence-corrected chi connectivity index (χ0v) is 25.3. The molecule has 6 nitrogen and oxygen atoms in total.